The Morgan fingerprint density at radius 3 is 2.47 bits per heavy atom. The number of halogens is 1. The van der Waals surface area contributed by atoms with E-state index in [1.165, 1.54) is 6.07 Å². The average molecular weight is 250 g/mol. The number of phenols is 1. The largest absolute Gasteiger partial charge is 0.506 e. The normalized spacial score (nSPS) is 10.2. The number of phenolic OH excluding ortho intramolecular Hbond substituents is 1. The van der Waals surface area contributed by atoms with Crippen molar-refractivity contribution in [2.24, 2.45) is 0 Å². The lowest BCUT2D eigenvalue weighted by atomic mass is 10.2. The van der Waals surface area contributed by atoms with Gasteiger partial charge < -0.3 is 21.9 Å². The second kappa shape index (κ2) is 4.43. The van der Waals surface area contributed by atoms with Crippen molar-refractivity contribution in [1.82, 2.24) is 0 Å². The van der Waals surface area contributed by atoms with Gasteiger partial charge in [0.25, 0.3) is 0 Å². The van der Waals surface area contributed by atoms with Crippen LogP contribution in [0.15, 0.2) is 36.4 Å². The van der Waals surface area contributed by atoms with Gasteiger partial charge in [-0.1, -0.05) is 11.6 Å². The molecule has 4 nitrogen and oxygen atoms in total. The van der Waals surface area contributed by atoms with Gasteiger partial charge in [-0.15, -0.1) is 0 Å². The van der Waals surface area contributed by atoms with Crippen LogP contribution in [0.1, 0.15) is 0 Å². The number of nitrogens with one attached hydrogen (secondary N) is 1. The molecule has 0 fully saturated rings. The second-order valence-electron chi connectivity index (χ2n) is 3.64. The molecule has 0 aliphatic carbocycles. The molecule has 5 heteroatoms. The van der Waals surface area contributed by atoms with Crippen LogP contribution in [0.4, 0.5) is 22.7 Å². The van der Waals surface area contributed by atoms with Crippen LogP contribution in [0.3, 0.4) is 0 Å². The summed E-state index contributed by atoms with van der Waals surface area (Å²) < 4.78 is 0. The standard InChI is InChI=1S/C12H12ClN3O/c13-9-6-8(2-4-12(9)17)16-11-3-1-7(14)5-10(11)15/h1-6,16-17H,14-15H2. The molecule has 2 rings (SSSR count). The number of hydrogen-bond donors (Lipinski definition) is 4. The van der Waals surface area contributed by atoms with Gasteiger partial charge in [0.15, 0.2) is 0 Å². The van der Waals surface area contributed by atoms with Crippen LogP contribution >= 0.6 is 11.6 Å². The van der Waals surface area contributed by atoms with E-state index in [1.54, 1.807) is 30.3 Å². The minimum absolute atomic E-state index is 0.0440. The van der Waals surface area contributed by atoms with Crippen molar-refractivity contribution in [3.05, 3.63) is 41.4 Å². The minimum atomic E-state index is 0.0440. The first-order valence-corrected chi connectivity index (χ1v) is 5.34. The van der Waals surface area contributed by atoms with Crippen LogP contribution in [-0.2, 0) is 0 Å². The highest BCUT2D eigenvalue weighted by molar-refractivity contribution is 6.32. The van der Waals surface area contributed by atoms with Crippen molar-refractivity contribution < 1.29 is 5.11 Å². The SMILES string of the molecule is Nc1ccc(Nc2ccc(O)c(Cl)c2)c(N)c1. The van der Waals surface area contributed by atoms with Gasteiger partial charge in [-0.3, -0.25) is 0 Å². The van der Waals surface area contributed by atoms with E-state index in [0.717, 1.165) is 11.4 Å². The Morgan fingerprint density at radius 2 is 1.82 bits per heavy atom. The highest BCUT2D eigenvalue weighted by atomic mass is 35.5. The van der Waals surface area contributed by atoms with Crippen LogP contribution < -0.4 is 16.8 Å². The molecule has 0 saturated carbocycles. The van der Waals surface area contributed by atoms with Gasteiger partial charge in [-0.25, -0.2) is 0 Å². The quantitative estimate of drug-likeness (QED) is 0.487. The summed E-state index contributed by atoms with van der Waals surface area (Å²) >= 11 is 5.80. The highest BCUT2D eigenvalue weighted by Gasteiger charge is 2.03. The molecule has 0 aliphatic heterocycles. The van der Waals surface area contributed by atoms with E-state index in [1.807, 2.05) is 0 Å². The first kappa shape index (κ1) is 11.4. The van der Waals surface area contributed by atoms with Crippen LogP contribution in [0, 0.1) is 0 Å². The monoisotopic (exact) mass is 249 g/mol. The molecular weight excluding hydrogens is 238 g/mol. The van der Waals surface area contributed by atoms with Crippen LogP contribution in [-0.4, -0.2) is 5.11 Å². The summed E-state index contributed by atoms with van der Waals surface area (Å²) in [4.78, 5) is 0. The van der Waals surface area contributed by atoms with Crippen molar-refractivity contribution in [3.63, 3.8) is 0 Å². The summed E-state index contributed by atoms with van der Waals surface area (Å²) in [5.74, 6) is 0.0440. The summed E-state index contributed by atoms with van der Waals surface area (Å²) in [7, 11) is 0. The fourth-order valence-electron chi connectivity index (χ4n) is 1.44. The zero-order chi connectivity index (χ0) is 12.4. The minimum Gasteiger partial charge on any atom is -0.506 e. The first-order valence-electron chi connectivity index (χ1n) is 4.97. The Bertz CT molecular complexity index is 557. The van der Waals surface area contributed by atoms with Gasteiger partial charge in [0, 0.05) is 11.4 Å². The Labute approximate surface area is 104 Å². The van der Waals surface area contributed by atoms with Crippen molar-refractivity contribution in [2.45, 2.75) is 0 Å². The number of nitrogen functional groups attached to an aromatic ring is 2. The number of aromatic hydroxyl groups is 1. The maximum Gasteiger partial charge on any atom is 0.134 e. The summed E-state index contributed by atoms with van der Waals surface area (Å²) in [6, 6.07) is 10.0. The van der Waals surface area contributed by atoms with E-state index in [4.69, 9.17) is 23.1 Å². The van der Waals surface area contributed by atoms with Gasteiger partial charge in [0.2, 0.25) is 0 Å². The molecule has 0 amide bonds. The summed E-state index contributed by atoms with van der Waals surface area (Å²) in [5.41, 5.74) is 14.1. The maximum absolute atomic E-state index is 9.30. The predicted molar refractivity (Wildman–Crippen MR) is 71.7 cm³/mol. The van der Waals surface area contributed by atoms with Crippen LogP contribution in [0.2, 0.25) is 5.02 Å². The number of nitrogens with two attached hydrogens (primary N) is 2. The van der Waals surface area contributed by atoms with Gasteiger partial charge in [0.1, 0.15) is 5.75 Å². The van der Waals surface area contributed by atoms with Gasteiger partial charge in [-0.05, 0) is 36.4 Å². The summed E-state index contributed by atoms with van der Waals surface area (Å²) in [6.07, 6.45) is 0. The molecule has 0 aromatic heterocycles. The molecule has 17 heavy (non-hydrogen) atoms. The topological polar surface area (TPSA) is 84.3 Å². The average Bonchev–Trinajstić information content (AvgIpc) is 2.27. The van der Waals surface area contributed by atoms with E-state index < -0.39 is 0 Å². The smallest absolute Gasteiger partial charge is 0.134 e. The Kier molecular flexibility index (Phi) is 2.97. The molecule has 2 aromatic rings. The van der Waals surface area contributed by atoms with E-state index in [2.05, 4.69) is 5.32 Å². The molecule has 2 aromatic carbocycles. The second-order valence-corrected chi connectivity index (χ2v) is 4.05. The Hall–Kier alpha value is -2.07. The maximum atomic E-state index is 9.30. The molecular formula is C12H12ClN3O. The van der Waals surface area contributed by atoms with Gasteiger partial charge in [-0.2, -0.15) is 0 Å². The fraction of sp³-hybridized carbons (Fsp3) is 0. The molecule has 0 heterocycles. The third kappa shape index (κ3) is 2.54. The fourth-order valence-corrected chi connectivity index (χ4v) is 1.62. The van der Waals surface area contributed by atoms with Crippen molar-refractivity contribution in [3.8, 4) is 5.75 Å². The molecule has 0 aliphatic rings. The lowest BCUT2D eigenvalue weighted by Crippen LogP contribution is -1.97. The molecule has 0 radical (unpaired) electrons. The molecule has 6 N–H and O–H groups in total. The predicted octanol–water partition coefficient (Wildman–Crippen LogP) is 2.95. The lowest BCUT2D eigenvalue weighted by molar-refractivity contribution is 0.475. The van der Waals surface area contributed by atoms with E-state index in [-0.39, 0.29) is 10.8 Å². The Balaban J connectivity index is 2.28. The lowest BCUT2D eigenvalue weighted by Gasteiger charge is -2.10. The van der Waals surface area contributed by atoms with E-state index in [0.29, 0.717) is 11.4 Å². The first-order chi connectivity index (χ1) is 8.06. The molecule has 0 unspecified atom stereocenters. The van der Waals surface area contributed by atoms with Crippen molar-refractivity contribution in [2.75, 3.05) is 16.8 Å². The highest BCUT2D eigenvalue weighted by Crippen LogP contribution is 2.30. The molecule has 0 spiro atoms. The number of rotatable bonds is 2. The molecule has 0 atom stereocenters. The van der Waals surface area contributed by atoms with E-state index >= 15 is 0 Å². The molecule has 0 saturated heterocycles. The number of hydrogen-bond acceptors (Lipinski definition) is 4. The van der Waals surface area contributed by atoms with Crippen LogP contribution in [0.5, 0.6) is 5.75 Å². The zero-order valence-electron chi connectivity index (χ0n) is 8.94. The van der Waals surface area contributed by atoms with Gasteiger partial charge in [0.05, 0.1) is 16.4 Å². The Morgan fingerprint density at radius 1 is 1.06 bits per heavy atom. The third-order valence-electron chi connectivity index (χ3n) is 2.30. The van der Waals surface area contributed by atoms with Crippen LogP contribution in [0.25, 0.3) is 0 Å². The van der Waals surface area contributed by atoms with Crippen molar-refractivity contribution in [1.29, 1.82) is 0 Å². The van der Waals surface area contributed by atoms with E-state index in [9.17, 15) is 5.11 Å². The zero-order valence-corrected chi connectivity index (χ0v) is 9.70. The summed E-state index contributed by atoms with van der Waals surface area (Å²) in [6.45, 7) is 0. The number of anilines is 4. The molecule has 88 valence electrons. The number of benzene rings is 2. The van der Waals surface area contributed by atoms with Gasteiger partial charge >= 0.3 is 0 Å². The van der Waals surface area contributed by atoms with Crippen molar-refractivity contribution >= 4 is 34.4 Å². The third-order valence-corrected chi connectivity index (χ3v) is 2.61. The molecule has 0 bridgehead atoms. The summed E-state index contributed by atoms with van der Waals surface area (Å²) in [5, 5.41) is 12.7.